The molecule has 0 aromatic heterocycles. The zero-order chi connectivity index (χ0) is 13.0. The largest absolute Gasteiger partial charge is 0.299 e. The lowest BCUT2D eigenvalue weighted by Gasteiger charge is -2.56. The van der Waals surface area contributed by atoms with Gasteiger partial charge in [0.1, 0.15) is 5.78 Å². The molecule has 5 rings (SSSR count). The predicted molar refractivity (Wildman–Crippen MR) is 76.7 cm³/mol. The molecule has 0 spiro atoms. The zero-order valence-electron chi connectivity index (χ0n) is 12.4. The molecule has 19 heavy (non-hydrogen) atoms. The van der Waals surface area contributed by atoms with Crippen LogP contribution in [-0.4, -0.2) is 5.78 Å². The Kier molecular flexibility index (Phi) is 2.83. The standard InChI is InChI=1S/C18H28O/c1-12-2-4-16(5-3-12)17(19)18-9-13-6-14(10-18)8-15(7-13)11-18/h12-16H,2-11H2,1H3. The number of Topliss-reactive ketones (excluding diaryl/α,β-unsaturated/α-hetero) is 1. The van der Waals surface area contributed by atoms with Gasteiger partial charge in [-0.1, -0.05) is 19.8 Å². The Hall–Kier alpha value is -0.330. The Balaban J connectivity index is 1.53. The summed E-state index contributed by atoms with van der Waals surface area (Å²) in [6, 6.07) is 0. The van der Waals surface area contributed by atoms with Crippen LogP contribution in [-0.2, 0) is 4.79 Å². The van der Waals surface area contributed by atoms with Crippen LogP contribution in [0.15, 0.2) is 0 Å². The summed E-state index contributed by atoms with van der Waals surface area (Å²) in [7, 11) is 0. The molecule has 0 saturated heterocycles. The van der Waals surface area contributed by atoms with E-state index < -0.39 is 0 Å². The molecule has 5 fully saturated rings. The monoisotopic (exact) mass is 260 g/mol. The number of hydrogen-bond acceptors (Lipinski definition) is 1. The van der Waals surface area contributed by atoms with Gasteiger partial charge in [0.25, 0.3) is 0 Å². The highest BCUT2D eigenvalue weighted by atomic mass is 16.1. The van der Waals surface area contributed by atoms with Crippen molar-refractivity contribution < 1.29 is 4.79 Å². The summed E-state index contributed by atoms with van der Waals surface area (Å²) >= 11 is 0. The Morgan fingerprint density at radius 1 is 0.842 bits per heavy atom. The third-order valence-corrected chi connectivity index (χ3v) is 6.95. The van der Waals surface area contributed by atoms with Crippen molar-refractivity contribution >= 4 is 5.78 Å². The second-order valence-electron chi connectivity index (χ2n) is 8.52. The van der Waals surface area contributed by atoms with E-state index in [4.69, 9.17) is 0 Å². The van der Waals surface area contributed by atoms with Crippen LogP contribution in [0.3, 0.4) is 0 Å². The van der Waals surface area contributed by atoms with E-state index in [0.717, 1.165) is 29.5 Å². The molecule has 0 aromatic carbocycles. The molecule has 0 radical (unpaired) electrons. The Morgan fingerprint density at radius 2 is 1.32 bits per heavy atom. The van der Waals surface area contributed by atoms with Crippen LogP contribution < -0.4 is 0 Å². The molecule has 106 valence electrons. The first-order valence-electron chi connectivity index (χ1n) is 8.69. The van der Waals surface area contributed by atoms with Gasteiger partial charge < -0.3 is 0 Å². The number of hydrogen-bond donors (Lipinski definition) is 0. The van der Waals surface area contributed by atoms with Crippen LogP contribution in [0, 0.1) is 35.0 Å². The molecule has 0 atom stereocenters. The predicted octanol–water partition coefficient (Wildman–Crippen LogP) is 4.60. The molecule has 1 nitrogen and oxygen atoms in total. The molecule has 0 aliphatic heterocycles. The maximum atomic E-state index is 13.2. The van der Waals surface area contributed by atoms with Gasteiger partial charge in [-0.25, -0.2) is 0 Å². The lowest BCUT2D eigenvalue weighted by molar-refractivity contribution is -0.149. The highest BCUT2D eigenvalue weighted by Crippen LogP contribution is 2.61. The molecule has 0 heterocycles. The van der Waals surface area contributed by atoms with E-state index in [0.29, 0.717) is 5.92 Å². The molecular formula is C18H28O. The molecule has 4 bridgehead atoms. The van der Waals surface area contributed by atoms with Crippen LogP contribution >= 0.6 is 0 Å². The summed E-state index contributed by atoms with van der Waals surface area (Å²) < 4.78 is 0. The van der Waals surface area contributed by atoms with Gasteiger partial charge in [-0.15, -0.1) is 0 Å². The Bertz CT molecular complexity index is 340. The van der Waals surface area contributed by atoms with Crippen molar-refractivity contribution in [3.8, 4) is 0 Å². The van der Waals surface area contributed by atoms with Crippen LogP contribution in [0.25, 0.3) is 0 Å². The van der Waals surface area contributed by atoms with Crippen molar-refractivity contribution in [3.63, 3.8) is 0 Å². The maximum Gasteiger partial charge on any atom is 0.142 e. The lowest BCUT2D eigenvalue weighted by atomic mass is 9.47. The fourth-order valence-corrected chi connectivity index (χ4v) is 6.37. The first-order chi connectivity index (χ1) is 9.14. The van der Waals surface area contributed by atoms with Crippen molar-refractivity contribution in [1.29, 1.82) is 0 Å². The second kappa shape index (κ2) is 4.33. The minimum atomic E-state index is 0.167. The van der Waals surface area contributed by atoms with Gasteiger partial charge in [-0.3, -0.25) is 4.79 Å². The Labute approximate surface area is 117 Å². The number of ketones is 1. The minimum Gasteiger partial charge on any atom is -0.299 e. The highest BCUT2D eigenvalue weighted by molar-refractivity contribution is 5.87. The normalized spacial score (nSPS) is 52.4. The van der Waals surface area contributed by atoms with E-state index in [2.05, 4.69) is 6.92 Å². The van der Waals surface area contributed by atoms with Crippen molar-refractivity contribution in [3.05, 3.63) is 0 Å². The molecule has 0 amide bonds. The van der Waals surface area contributed by atoms with E-state index in [9.17, 15) is 4.79 Å². The molecule has 5 aliphatic carbocycles. The van der Waals surface area contributed by atoms with E-state index >= 15 is 0 Å². The summed E-state index contributed by atoms with van der Waals surface area (Å²) in [5, 5.41) is 0. The highest BCUT2D eigenvalue weighted by Gasteiger charge is 2.55. The first kappa shape index (κ1) is 12.4. The second-order valence-corrected chi connectivity index (χ2v) is 8.52. The van der Waals surface area contributed by atoms with Gasteiger partial charge in [0.15, 0.2) is 0 Å². The van der Waals surface area contributed by atoms with Crippen LogP contribution in [0.1, 0.15) is 71.1 Å². The van der Waals surface area contributed by atoms with Gasteiger partial charge in [0, 0.05) is 11.3 Å². The molecule has 5 saturated carbocycles. The van der Waals surface area contributed by atoms with Crippen molar-refractivity contribution in [2.75, 3.05) is 0 Å². The quantitative estimate of drug-likeness (QED) is 0.709. The summed E-state index contributed by atoms with van der Waals surface area (Å²) in [4.78, 5) is 13.2. The third kappa shape index (κ3) is 1.99. The molecule has 0 unspecified atom stereocenters. The van der Waals surface area contributed by atoms with E-state index in [1.54, 1.807) is 0 Å². The third-order valence-electron chi connectivity index (χ3n) is 6.95. The summed E-state index contributed by atoms with van der Waals surface area (Å²) in [5.74, 6) is 4.76. The molecule has 0 aromatic rings. The minimum absolute atomic E-state index is 0.167. The summed E-state index contributed by atoms with van der Waals surface area (Å²) in [5.41, 5.74) is 0.167. The number of rotatable bonds is 2. The van der Waals surface area contributed by atoms with Crippen LogP contribution in [0.5, 0.6) is 0 Å². The Morgan fingerprint density at radius 3 is 1.79 bits per heavy atom. The van der Waals surface area contributed by atoms with Gasteiger partial charge >= 0.3 is 0 Å². The average molecular weight is 260 g/mol. The van der Waals surface area contributed by atoms with Gasteiger partial charge in [-0.05, 0) is 75.0 Å². The summed E-state index contributed by atoms with van der Waals surface area (Å²) in [6.07, 6.45) is 13.1. The topological polar surface area (TPSA) is 17.1 Å². The van der Waals surface area contributed by atoms with Gasteiger partial charge in [0.05, 0.1) is 0 Å². The van der Waals surface area contributed by atoms with Crippen LogP contribution in [0.4, 0.5) is 0 Å². The smallest absolute Gasteiger partial charge is 0.142 e. The lowest BCUT2D eigenvalue weighted by Crippen LogP contribution is -2.51. The number of carbonyl (C=O) groups is 1. The van der Waals surface area contributed by atoms with Gasteiger partial charge in [-0.2, -0.15) is 0 Å². The average Bonchev–Trinajstić information content (AvgIpc) is 2.37. The molecule has 1 heteroatoms. The molecule has 5 aliphatic rings. The van der Waals surface area contributed by atoms with E-state index in [1.807, 2.05) is 0 Å². The summed E-state index contributed by atoms with van der Waals surface area (Å²) in [6.45, 7) is 2.35. The fraction of sp³-hybridized carbons (Fsp3) is 0.944. The van der Waals surface area contributed by atoms with E-state index in [-0.39, 0.29) is 5.41 Å². The van der Waals surface area contributed by atoms with Crippen molar-refractivity contribution in [1.82, 2.24) is 0 Å². The zero-order valence-corrected chi connectivity index (χ0v) is 12.4. The van der Waals surface area contributed by atoms with E-state index in [1.165, 1.54) is 64.2 Å². The van der Waals surface area contributed by atoms with Crippen molar-refractivity contribution in [2.24, 2.45) is 35.0 Å². The molecule has 0 N–H and O–H groups in total. The van der Waals surface area contributed by atoms with Crippen molar-refractivity contribution in [2.45, 2.75) is 71.1 Å². The van der Waals surface area contributed by atoms with Gasteiger partial charge in [0.2, 0.25) is 0 Å². The van der Waals surface area contributed by atoms with Crippen LogP contribution in [0.2, 0.25) is 0 Å². The maximum absolute atomic E-state index is 13.2. The molecular weight excluding hydrogens is 232 g/mol. The fourth-order valence-electron chi connectivity index (χ4n) is 6.37. The first-order valence-corrected chi connectivity index (χ1v) is 8.69. The SMILES string of the molecule is CC1CCC(C(=O)C23CC4CC(CC(C4)C2)C3)CC1. The number of carbonyl (C=O) groups excluding carboxylic acids is 1.